The van der Waals surface area contributed by atoms with Gasteiger partial charge >= 0.3 is 0 Å². The van der Waals surface area contributed by atoms with Gasteiger partial charge in [0.05, 0.1) is 5.02 Å². The molecule has 0 bridgehead atoms. The molecule has 1 fully saturated rings. The van der Waals surface area contributed by atoms with E-state index in [-0.39, 0.29) is 16.4 Å². The first-order valence-electron chi connectivity index (χ1n) is 6.53. The third kappa shape index (κ3) is 2.82. The molecule has 0 unspecified atom stereocenters. The van der Waals surface area contributed by atoms with Crippen LogP contribution in [0.3, 0.4) is 0 Å². The van der Waals surface area contributed by atoms with Gasteiger partial charge in [0.15, 0.2) is 5.78 Å². The van der Waals surface area contributed by atoms with Crippen LogP contribution >= 0.6 is 11.6 Å². The molecule has 4 heteroatoms. The zero-order chi connectivity index (χ0) is 14.0. The molecule has 1 aliphatic carbocycles. The Morgan fingerprint density at radius 2 is 2.05 bits per heavy atom. The Morgan fingerprint density at radius 1 is 1.42 bits per heavy atom. The van der Waals surface area contributed by atoms with Crippen molar-refractivity contribution in [3.8, 4) is 0 Å². The van der Waals surface area contributed by atoms with Crippen LogP contribution in [-0.4, -0.2) is 18.5 Å². The van der Waals surface area contributed by atoms with Crippen molar-refractivity contribution >= 4 is 17.4 Å². The van der Waals surface area contributed by atoms with Crippen LogP contribution in [0.2, 0.25) is 5.02 Å². The summed E-state index contributed by atoms with van der Waals surface area (Å²) in [7, 11) is 1.54. The van der Waals surface area contributed by atoms with Crippen LogP contribution in [0.1, 0.15) is 43.0 Å². The normalized spacial score (nSPS) is 27.3. The maximum atomic E-state index is 13.3. The minimum absolute atomic E-state index is 0.202. The predicted octanol–water partition coefficient (Wildman–Crippen LogP) is 4.26. The lowest BCUT2D eigenvalue weighted by atomic mass is 9.75. The van der Waals surface area contributed by atoms with Gasteiger partial charge < -0.3 is 4.74 Å². The number of rotatable bonds is 3. The van der Waals surface area contributed by atoms with Crippen LogP contribution in [0.4, 0.5) is 4.39 Å². The van der Waals surface area contributed by atoms with E-state index in [1.165, 1.54) is 18.2 Å². The Bertz CT molecular complexity index is 479. The fraction of sp³-hybridized carbons (Fsp3) is 0.533. The largest absolute Gasteiger partial charge is 0.370 e. The van der Waals surface area contributed by atoms with Crippen LogP contribution < -0.4 is 0 Å². The molecule has 19 heavy (non-hydrogen) atoms. The Hall–Kier alpha value is -0.930. The number of halogens is 2. The fourth-order valence-electron chi connectivity index (χ4n) is 2.67. The standard InChI is InChI=1S/C15H18ClFO2/c1-10-5-7-15(19-2,8-6-10)14(18)12-9-11(17)3-4-13(12)16/h3-4,9-10H,5-8H2,1-2H3. The molecule has 0 aliphatic heterocycles. The van der Waals surface area contributed by atoms with Crippen molar-refractivity contribution in [3.63, 3.8) is 0 Å². The van der Waals surface area contributed by atoms with Crippen molar-refractivity contribution in [2.45, 2.75) is 38.2 Å². The summed E-state index contributed by atoms with van der Waals surface area (Å²) in [4.78, 5) is 12.7. The number of ketones is 1. The van der Waals surface area contributed by atoms with E-state index >= 15 is 0 Å². The quantitative estimate of drug-likeness (QED) is 0.775. The van der Waals surface area contributed by atoms with Crippen molar-refractivity contribution in [1.82, 2.24) is 0 Å². The van der Waals surface area contributed by atoms with Crippen LogP contribution in [0.5, 0.6) is 0 Å². The number of benzene rings is 1. The second-order valence-corrected chi connectivity index (χ2v) is 5.74. The van der Waals surface area contributed by atoms with Crippen molar-refractivity contribution in [1.29, 1.82) is 0 Å². The van der Waals surface area contributed by atoms with Gasteiger partial charge in [-0.25, -0.2) is 4.39 Å². The summed E-state index contributed by atoms with van der Waals surface area (Å²) in [5, 5.41) is 0.279. The maximum absolute atomic E-state index is 13.3. The highest BCUT2D eigenvalue weighted by molar-refractivity contribution is 6.34. The minimum atomic E-state index is -0.843. The Kier molecular flexibility index (Phi) is 4.26. The molecule has 0 radical (unpaired) electrons. The first-order valence-corrected chi connectivity index (χ1v) is 6.91. The molecule has 1 aromatic rings. The van der Waals surface area contributed by atoms with Crippen molar-refractivity contribution in [3.05, 3.63) is 34.6 Å². The van der Waals surface area contributed by atoms with Crippen molar-refractivity contribution < 1.29 is 13.9 Å². The molecule has 2 nitrogen and oxygen atoms in total. The molecule has 2 rings (SSSR count). The van der Waals surface area contributed by atoms with Gasteiger partial charge in [0.25, 0.3) is 0 Å². The second kappa shape index (κ2) is 5.59. The molecule has 1 saturated carbocycles. The van der Waals surface area contributed by atoms with E-state index in [1.807, 2.05) is 0 Å². The van der Waals surface area contributed by atoms with Crippen molar-refractivity contribution in [2.24, 2.45) is 5.92 Å². The molecule has 0 atom stereocenters. The molecule has 0 aromatic heterocycles. The fourth-order valence-corrected chi connectivity index (χ4v) is 2.87. The molecule has 1 aromatic carbocycles. The van der Waals surface area contributed by atoms with E-state index in [0.717, 1.165) is 12.8 Å². The summed E-state index contributed by atoms with van der Waals surface area (Å²) in [6.45, 7) is 2.17. The van der Waals surface area contributed by atoms with Crippen LogP contribution in [0, 0.1) is 11.7 Å². The molecule has 104 valence electrons. The number of hydrogen-bond donors (Lipinski definition) is 0. The summed E-state index contributed by atoms with van der Waals surface area (Å²) in [6, 6.07) is 3.87. The average Bonchev–Trinajstić information content (AvgIpc) is 2.42. The molecule has 0 saturated heterocycles. The van der Waals surface area contributed by atoms with E-state index in [1.54, 1.807) is 7.11 Å². The van der Waals surface area contributed by atoms with E-state index in [4.69, 9.17) is 16.3 Å². The molecule has 0 amide bonds. The highest BCUT2D eigenvalue weighted by Gasteiger charge is 2.42. The number of ether oxygens (including phenoxy) is 1. The smallest absolute Gasteiger partial charge is 0.196 e. The van der Waals surface area contributed by atoms with Gasteiger partial charge in [0, 0.05) is 12.7 Å². The van der Waals surface area contributed by atoms with E-state index in [0.29, 0.717) is 18.8 Å². The molecular weight excluding hydrogens is 267 g/mol. The van der Waals surface area contributed by atoms with Crippen LogP contribution in [-0.2, 0) is 4.74 Å². The summed E-state index contributed by atoms with van der Waals surface area (Å²) in [5.74, 6) is -0.0614. The summed E-state index contributed by atoms with van der Waals surface area (Å²) in [5.41, 5.74) is -0.623. The number of methoxy groups -OCH3 is 1. The second-order valence-electron chi connectivity index (χ2n) is 5.33. The SMILES string of the molecule is COC1(C(=O)c2cc(F)ccc2Cl)CCC(C)CC1. The predicted molar refractivity (Wildman–Crippen MR) is 73.1 cm³/mol. The number of Topliss-reactive ketones (excluding diaryl/α,β-unsaturated/α-hetero) is 1. The van der Waals surface area contributed by atoms with Gasteiger partial charge in [-0.2, -0.15) is 0 Å². The van der Waals surface area contributed by atoms with Gasteiger partial charge in [-0.3, -0.25) is 4.79 Å². The third-order valence-corrected chi connectivity index (χ3v) is 4.39. The van der Waals surface area contributed by atoms with Gasteiger partial charge in [-0.15, -0.1) is 0 Å². The van der Waals surface area contributed by atoms with Crippen LogP contribution in [0.25, 0.3) is 0 Å². The maximum Gasteiger partial charge on any atom is 0.196 e. The zero-order valence-corrected chi connectivity index (χ0v) is 12.0. The summed E-state index contributed by atoms with van der Waals surface area (Å²) >= 11 is 6.01. The number of hydrogen-bond acceptors (Lipinski definition) is 2. The molecule has 0 spiro atoms. The molecular formula is C15H18ClFO2. The molecule has 0 heterocycles. The lowest BCUT2D eigenvalue weighted by Gasteiger charge is -2.37. The Balaban J connectivity index is 2.33. The monoisotopic (exact) mass is 284 g/mol. The van der Waals surface area contributed by atoms with Crippen molar-refractivity contribution in [2.75, 3.05) is 7.11 Å². The summed E-state index contributed by atoms with van der Waals surface area (Å²) in [6.07, 6.45) is 3.20. The highest BCUT2D eigenvalue weighted by atomic mass is 35.5. The van der Waals surface area contributed by atoms with Gasteiger partial charge in [-0.1, -0.05) is 18.5 Å². The zero-order valence-electron chi connectivity index (χ0n) is 11.2. The van der Waals surface area contributed by atoms with E-state index in [9.17, 15) is 9.18 Å². The minimum Gasteiger partial charge on any atom is -0.370 e. The first kappa shape index (κ1) is 14.5. The van der Waals surface area contributed by atoms with Crippen LogP contribution in [0.15, 0.2) is 18.2 Å². The molecule has 1 aliphatic rings. The van der Waals surface area contributed by atoms with E-state index < -0.39 is 11.4 Å². The number of carbonyl (C=O) groups is 1. The highest BCUT2D eigenvalue weighted by Crippen LogP contribution is 2.38. The average molecular weight is 285 g/mol. The third-order valence-electron chi connectivity index (χ3n) is 4.06. The van der Waals surface area contributed by atoms with Gasteiger partial charge in [0.1, 0.15) is 11.4 Å². The van der Waals surface area contributed by atoms with E-state index in [2.05, 4.69) is 6.92 Å². The Labute approximate surface area is 117 Å². The lowest BCUT2D eigenvalue weighted by Crippen LogP contribution is -2.44. The topological polar surface area (TPSA) is 26.3 Å². The van der Waals surface area contributed by atoms with Gasteiger partial charge in [-0.05, 0) is 49.8 Å². The number of carbonyl (C=O) groups excluding carboxylic acids is 1. The lowest BCUT2D eigenvalue weighted by molar-refractivity contribution is -0.0263. The first-order chi connectivity index (χ1) is 8.98. The summed E-state index contributed by atoms with van der Waals surface area (Å²) < 4.78 is 18.8. The Morgan fingerprint density at radius 3 is 2.63 bits per heavy atom. The van der Waals surface area contributed by atoms with Gasteiger partial charge in [0.2, 0.25) is 0 Å². The molecule has 0 N–H and O–H groups in total.